The molecule has 2 heterocycles. The molecule has 0 saturated carbocycles. The number of para-hydroxylation sites is 1. The Morgan fingerprint density at radius 1 is 1.13 bits per heavy atom. The van der Waals surface area contributed by atoms with Gasteiger partial charge in [0.1, 0.15) is 0 Å². The van der Waals surface area contributed by atoms with Crippen LogP contribution in [0.4, 0.5) is 5.69 Å². The minimum absolute atomic E-state index is 0. The SMILES string of the molecule is Cl.Cl.O=C(NC1CCCN(c2ccccc2)C1)C1CCCNC1. The molecule has 2 aliphatic rings. The number of rotatable bonds is 3. The Labute approximate surface area is 151 Å². The van der Waals surface area contributed by atoms with Gasteiger partial charge in [-0.05, 0) is 44.4 Å². The Morgan fingerprint density at radius 3 is 2.61 bits per heavy atom. The second kappa shape index (κ2) is 10.0. The van der Waals surface area contributed by atoms with Gasteiger partial charge in [0.05, 0.1) is 5.92 Å². The van der Waals surface area contributed by atoms with E-state index in [0.717, 1.165) is 51.9 Å². The van der Waals surface area contributed by atoms with Crippen LogP contribution in [-0.4, -0.2) is 38.1 Å². The van der Waals surface area contributed by atoms with Gasteiger partial charge < -0.3 is 15.5 Å². The summed E-state index contributed by atoms with van der Waals surface area (Å²) < 4.78 is 0. The average molecular weight is 360 g/mol. The lowest BCUT2D eigenvalue weighted by molar-refractivity contribution is -0.126. The smallest absolute Gasteiger partial charge is 0.224 e. The average Bonchev–Trinajstić information content (AvgIpc) is 2.57. The van der Waals surface area contributed by atoms with Crippen molar-refractivity contribution in [1.82, 2.24) is 10.6 Å². The first-order valence-electron chi connectivity index (χ1n) is 8.14. The number of carbonyl (C=O) groups is 1. The van der Waals surface area contributed by atoms with Gasteiger partial charge >= 0.3 is 0 Å². The summed E-state index contributed by atoms with van der Waals surface area (Å²) in [5.41, 5.74) is 1.26. The highest BCUT2D eigenvalue weighted by Crippen LogP contribution is 2.20. The number of carbonyl (C=O) groups excluding carboxylic acids is 1. The molecule has 2 saturated heterocycles. The van der Waals surface area contributed by atoms with Crippen LogP contribution in [0.15, 0.2) is 30.3 Å². The fourth-order valence-corrected chi connectivity index (χ4v) is 3.36. The highest BCUT2D eigenvalue weighted by atomic mass is 35.5. The number of nitrogens with one attached hydrogen (secondary N) is 2. The van der Waals surface area contributed by atoms with Crippen molar-refractivity contribution in [2.45, 2.75) is 31.7 Å². The third-order valence-corrected chi connectivity index (χ3v) is 4.56. The van der Waals surface area contributed by atoms with Crippen molar-refractivity contribution in [3.05, 3.63) is 30.3 Å². The molecule has 2 atom stereocenters. The lowest BCUT2D eigenvalue weighted by Gasteiger charge is -2.35. The number of piperidine rings is 2. The van der Waals surface area contributed by atoms with Crippen molar-refractivity contribution < 1.29 is 4.79 Å². The van der Waals surface area contributed by atoms with Crippen LogP contribution in [0.3, 0.4) is 0 Å². The summed E-state index contributed by atoms with van der Waals surface area (Å²) in [5.74, 6) is 0.396. The van der Waals surface area contributed by atoms with E-state index >= 15 is 0 Å². The number of nitrogens with zero attached hydrogens (tertiary/aromatic N) is 1. The summed E-state index contributed by atoms with van der Waals surface area (Å²) >= 11 is 0. The van der Waals surface area contributed by atoms with Crippen LogP contribution in [-0.2, 0) is 4.79 Å². The lowest BCUT2D eigenvalue weighted by Crippen LogP contribution is -2.51. The Morgan fingerprint density at radius 2 is 1.91 bits per heavy atom. The molecule has 2 N–H and O–H groups in total. The molecule has 0 aliphatic carbocycles. The van der Waals surface area contributed by atoms with Gasteiger partial charge in [0.15, 0.2) is 0 Å². The Balaban J connectivity index is 0.00000132. The maximum absolute atomic E-state index is 12.3. The van der Waals surface area contributed by atoms with Gasteiger partial charge in [0.2, 0.25) is 5.91 Å². The van der Waals surface area contributed by atoms with Gasteiger partial charge in [0.25, 0.3) is 0 Å². The van der Waals surface area contributed by atoms with E-state index in [0.29, 0.717) is 0 Å². The van der Waals surface area contributed by atoms with Crippen molar-refractivity contribution >= 4 is 36.4 Å². The van der Waals surface area contributed by atoms with E-state index in [-0.39, 0.29) is 42.7 Å². The molecule has 1 amide bonds. The fourth-order valence-electron chi connectivity index (χ4n) is 3.36. The number of hydrogen-bond acceptors (Lipinski definition) is 3. The molecule has 0 aromatic heterocycles. The third-order valence-electron chi connectivity index (χ3n) is 4.56. The second-order valence-corrected chi connectivity index (χ2v) is 6.17. The van der Waals surface area contributed by atoms with Crippen LogP contribution in [0.25, 0.3) is 0 Å². The maximum Gasteiger partial charge on any atom is 0.224 e. The summed E-state index contributed by atoms with van der Waals surface area (Å²) in [6.45, 7) is 3.90. The quantitative estimate of drug-likeness (QED) is 0.871. The molecule has 6 heteroatoms. The Hall–Kier alpha value is -0.970. The summed E-state index contributed by atoms with van der Waals surface area (Å²) in [6.07, 6.45) is 4.37. The van der Waals surface area contributed by atoms with Crippen LogP contribution in [0.1, 0.15) is 25.7 Å². The largest absolute Gasteiger partial charge is 0.369 e. The van der Waals surface area contributed by atoms with Crippen LogP contribution >= 0.6 is 24.8 Å². The van der Waals surface area contributed by atoms with Gasteiger partial charge in [-0.25, -0.2) is 0 Å². The topological polar surface area (TPSA) is 44.4 Å². The van der Waals surface area contributed by atoms with E-state index in [1.165, 1.54) is 5.69 Å². The number of benzene rings is 1. The van der Waals surface area contributed by atoms with Crippen molar-refractivity contribution in [3.63, 3.8) is 0 Å². The summed E-state index contributed by atoms with van der Waals surface area (Å²) in [7, 11) is 0. The van der Waals surface area contributed by atoms with Gasteiger partial charge in [-0.15, -0.1) is 24.8 Å². The maximum atomic E-state index is 12.3. The van der Waals surface area contributed by atoms with E-state index in [1.54, 1.807) is 0 Å². The fraction of sp³-hybridized carbons (Fsp3) is 0.588. The summed E-state index contributed by atoms with van der Waals surface area (Å²) in [6, 6.07) is 10.8. The molecular weight excluding hydrogens is 333 g/mol. The first-order chi connectivity index (χ1) is 10.3. The molecule has 2 unspecified atom stereocenters. The standard InChI is InChI=1S/C17H25N3O.2ClH/c21-17(14-6-4-10-18-12-14)19-15-7-5-11-20(13-15)16-8-2-1-3-9-16;;/h1-3,8-9,14-15,18H,4-7,10-13H2,(H,19,21);2*1H. The first-order valence-corrected chi connectivity index (χ1v) is 8.14. The van der Waals surface area contributed by atoms with Gasteiger partial charge in [-0.1, -0.05) is 18.2 Å². The van der Waals surface area contributed by atoms with E-state index in [1.807, 2.05) is 6.07 Å². The predicted molar refractivity (Wildman–Crippen MR) is 99.9 cm³/mol. The molecule has 3 rings (SSSR count). The minimum atomic E-state index is 0. The van der Waals surface area contributed by atoms with E-state index in [9.17, 15) is 4.79 Å². The molecule has 2 fully saturated rings. The van der Waals surface area contributed by atoms with Gasteiger partial charge in [0, 0.05) is 31.4 Å². The molecule has 1 aromatic rings. The highest BCUT2D eigenvalue weighted by Gasteiger charge is 2.26. The van der Waals surface area contributed by atoms with Crippen molar-refractivity contribution in [2.24, 2.45) is 5.92 Å². The summed E-state index contributed by atoms with van der Waals surface area (Å²) in [4.78, 5) is 14.7. The van der Waals surface area contributed by atoms with Crippen LogP contribution in [0, 0.1) is 5.92 Å². The lowest BCUT2D eigenvalue weighted by atomic mass is 9.97. The molecule has 0 radical (unpaired) electrons. The molecule has 2 aliphatic heterocycles. The summed E-state index contributed by atoms with van der Waals surface area (Å²) in [5, 5.41) is 6.58. The first kappa shape index (κ1) is 20.1. The molecule has 1 aromatic carbocycles. The van der Waals surface area contributed by atoms with Crippen molar-refractivity contribution in [2.75, 3.05) is 31.1 Å². The minimum Gasteiger partial charge on any atom is -0.369 e. The van der Waals surface area contributed by atoms with Crippen LogP contribution in [0.5, 0.6) is 0 Å². The van der Waals surface area contributed by atoms with E-state index in [2.05, 4.69) is 39.8 Å². The Bertz CT molecular complexity index is 466. The van der Waals surface area contributed by atoms with Crippen molar-refractivity contribution in [3.8, 4) is 0 Å². The van der Waals surface area contributed by atoms with Crippen LogP contribution < -0.4 is 15.5 Å². The third kappa shape index (κ3) is 5.55. The molecule has 0 spiro atoms. The number of amides is 1. The number of hydrogen-bond donors (Lipinski definition) is 2. The molecular formula is C17H27Cl2N3O. The van der Waals surface area contributed by atoms with E-state index in [4.69, 9.17) is 0 Å². The zero-order chi connectivity index (χ0) is 14.5. The Kier molecular flexibility index (Phi) is 8.74. The predicted octanol–water partition coefficient (Wildman–Crippen LogP) is 2.61. The van der Waals surface area contributed by atoms with Crippen LogP contribution in [0.2, 0.25) is 0 Å². The van der Waals surface area contributed by atoms with Gasteiger partial charge in [-0.2, -0.15) is 0 Å². The molecule has 130 valence electrons. The molecule has 0 bridgehead atoms. The monoisotopic (exact) mass is 359 g/mol. The normalized spacial score (nSPS) is 24.1. The van der Waals surface area contributed by atoms with Gasteiger partial charge in [-0.3, -0.25) is 4.79 Å². The number of anilines is 1. The second-order valence-electron chi connectivity index (χ2n) is 6.17. The zero-order valence-corrected chi connectivity index (χ0v) is 15.0. The zero-order valence-electron chi connectivity index (χ0n) is 13.4. The highest BCUT2D eigenvalue weighted by molar-refractivity contribution is 5.85. The van der Waals surface area contributed by atoms with E-state index < -0.39 is 0 Å². The van der Waals surface area contributed by atoms with Crippen molar-refractivity contribution in [1.29, 1.82) is 0 Å². The molecule has 4 nitrogen and oxygen atoms in total. The number of halogens is 2. The molecule has 23 heavy (non-hydrogen) atoms.